The van der Waals surface area contributed by atoms with Crippen molar-refractivity contribution >= 4 is 42.5 Å². The molecule has 2 aliphatic heterocycles. The van der Waals surface area contributed by atoms with Gasteiger partial charge in [-0.15, -0.1) is 24.8 Å². The number of ether oxygens (including phenoxy) is 1. The minimum absolute atomic E-state index is 0. The fourth-order valence-electron chi connectivity index (χ4n) is 3.42. The van der Waals surface area contributed by atoms with Gasteiger partial charge in [-0.3, -0.25) is 9.69 Å². The maximum absolute atomic E-state index is 12.5. The second kappa shape index (κ2) is 10.7. The Morgan fingerprint density at radius 2 is 1.96 bits per heavy atom. The van der Waals surface area contributed by atoms with E-state index in [0.29, 0.717) is 6.54 Å². The van der Waals surface area contributed by atoms with Gasteiger partial charge in [0.2, 0.25) is 5.91 Å². The first-order valence-electron chi connectivity index (χ1n) is 8.61. The van der Waals surface area contributed by atoms with E-state index in [4.69, 9.17) is 10.5 Å². The lowest BCUT2D eigenvalue weighted by Crippen LogP contribution is -2.59. The number of benzene rings is 1. The Labute approximate surface area is 172 Å². The van der Waals surface area contributed by atoms with E-state index < -0.39 is 6.04 Å². The molecule has 1 aromatic rings. The number of carbonyl (C=O) groups excluding carboxylic acids is 1. The minimum atomic E-state index is -0.610. The van der Waals surface area contributed by atoms with Gasteiger partial charge >= 0.3 is 0 Å². The van der Waals surface area contributed by atoms with Crippen LogP contribution >= 0.6 is 36.6 Å². The number of rotatable bonds is 5. The summed E-state index contributed by atoms with van der Waals surface area (Å²) in [5.74, 6) is 2.12. The van der Waals surface area contributed by atoms with Crippen LogP contribution in [0.2, 0.25) is 0 Å². The number of morpholine rings is 1. The summed E-state index contributed by atoms with van der Waals surface area (Å²) in [4.78, 5) is 15.0. The zero-order valence-corrected chi connectivity index (χ0v) is 17.6. The highest BCUT2D eigenvalue weighted by atomic mass is 35.5. The molecule has 0 bridgehead atoms. The van der Waals surface area contributed by atoms with Gasteiger partial charge in [0.05, 0.1) is 13.2 Å². The van der Waals surface area contributed by atoms with Gasteiger partial charge in [-0.1, -0.05) is 29.8 Å². The van der Waals surface area contributed by atoms with Gasteiger partial charge in [-0.2, -0.15) is 11.8 Å². The van der Waals surface area contributed by atoms with Gasteiger partial charge < -0.3 is 15.8 Å². The van der Waals surface area contributed by atoms with Crippen LogP contribution in [-0.4, -0.2) is 60.7 Å². The fraction of sp³-hybridized carbons (Fsp3) is 0.611. The van der Waals surface area contributed by atoms with E-state index in [0.717, 1.165) is 49.8 Å². The predicted molar refractivity (Wildman–Crippen MR) is 113 cm³/mol. The molecule has 3 N–H and O–H groups in total. The van der Waals surface area contributed by atoms with Crippen LogP contribution < -0.4 is 11.1 Å². The van der Waals surface area contributed by atoms with Crippen LogP contribution in [0.25, 0.3) is 0 Å². The number of nitrogens with one attached hydrogen (secondary N) is 1. The number of halogens is 2. The van der Waals surface area contributed by atoms with Crippen LogP contribution in [0.15, 0.2) is 24.3 Å². The van der Waals surface area contributed by atoms with Gasteiger partial charge in [-0.25, -0.2) is 0 Å². The smallest absolute Gasteiger partial charge is 0.241 e. The average Bonchev–Trinajstić information content (AvgIpc) is 3.11. The summed E-state index contributed by atoms with van der Waals surface area (Å²) in [6.45, 7) is 6.14. The summed E-state index contributed by atoms with van der Waals surface area (Å²) in [7, 11) is 0. The van der Waals surface area contributed by atoms with E-state index in [1.807, 2.05) is 43.0 Å². The molecule has 0 radical (unpaired) electrons. The summed E-state index contributed by atoms with van der Waals surface area (Å²) in [5, 5.41) is 3.12. The summed E-state index contributed by atoms with van der Waals surface area (Å²) in [6.07, 6.45) is 1.11. The van der Waals surface area contributed by atoms with Gasteiger partial charge in [-0.05, 0) is 24.7 Å². The number of nitrogens with two attached hydrogens (primary N) is 1. The number of hydrogen-bond donors (Lipinski definition) is 2. The maximum Gasteiger partial charge on any atom is 0.241 e. The van der Waals surface area contributed by atoms with Crippen LogP contribution in [0.3, 0.4) is 0 Å². The van der Waals surface area contributed by atoms with E-state index >= 15 is 0 Å². The molecule has 5 nitrogen and oxygen atoms in total. The van der Waals surface area contributed by atoms with Crippen molar-refractivity contribution in [3.63, 3.8) is 0 Å². The first-order valence-corrected chi connectivity index (χ1v) is 9.77. The molecule has 1 amide bonds. The minimum Gasteiger partial charge on any atom is -0.379 e. The van der Waals surface area contributed by atoms with Crippen molar-refractivity contribution in [2.45, 2.75) is 24.9 Å². The van der Waals surface area contributed by atoms with Crippen molar-refractivity contribution < 1.29 is 9.53 Å². The number of hydrogen-bond acceptors (Lipinski definition) is 5. The maximum atomic E-state index is 12.5. The van der Waals surface area contributed by atoms with Gasteiger partial charge in [0, 0.05) is 30.9 Å². The molecule has 0 aromatic heterocycles. The van der Waals surface area contributed by atoms with Crippen molar-refractivity contribution in [1.29, 1.82) is 0 Å². The van der Waals surface area contributed by atoms with Crippen molar-refractivity contribution in [3.8, 4) is 0 Å². The van der Waals surface area contributed by atoms with Gasteiger partial charge in [0.25, 0.3) is 0 Å². The second-order valence-electron chi connectivity index (χ2n) is 6.73. The van der Waals surface area contributed by atoms with Crippen LogP contribution in [0.1, 0.15) is 23.6 Å². The Morgan fingerprint density at radius 3 is 2.54 bits per heavy atom. The summed E-state index contributed by atoms with van der Waals surface area (Å²) < 4.78 is 5.48. The fourth-order valence-corrected chi connectivity index (χ4v) is 4.90. The lowest BCUT2D eigenvalue weighted by molar-refractivity contribution is -0.123. The number of aryl methyl sites for hydroxylation is 1. The molecule has 2 fully saturated rings. The third-order valence-electron chi connectivity index (χ3n) is 5.08. The molecule has 2 aliphatic rings. The van der Waals surface area contributed by atoms with E-state index in [-0.39, 0.29) is 36.3 Å². The molecule has 0 aliphatic carbocycles. The molecule has 2 atom stereocenters. The first-order chi connectivity index (χ1) is 11.6. The molecule has 26 heavy (non-hydrogen) atoms. The first kappa shape index (κ1) is 23.5. The van der Waals surface area contributed by atoms with E-state index in [1.54, 1.807) is 0 Å². The molecule has 2 heterocycles. The standard InChI is InChI=1S/C18H27N3O2S.2ClH/c1-14-2-4-15(5-3-14)16(19)17(22)20-12-18(6-11-24-13-18)21-7-9-23-10-8-21;;/h2-5,16H,6-13,19H2,1H3,(H,20,22);2*1H. The van der Waals surface area contributed by atoms with Crippen molar-refractivity contribution in [3.05, 3.63) is 35.4 Å². The molecule has 8 heteroatoms. The average molecular weight is 422 g/mol. The zero-order chi connectivity index (χ0) is 17.0. The molecule has 2 unspecified atom stereocenters. The van der Waals surface area contributed by atoms with Crippen molar-refractivity contribution in [2.24, 2.45) is 5.73 Å². The third-order valence-corrected chi connectivity index (χ3v) is 6.31. The Morgan fingerprint density at radius 1 is 1.31 bits per heavy atom. The molecule has 2 saturated heterocycles. The predicted octanol–water partition coefficient (Wildman–Crippen LogP) is 2.16. The monoisotopic (exact) mass is 421 g/mol. The summed E-state index contributed by atoms with van der Waals surface area (Å²) >= 11 is 1.97. The lowest BCUT2D eigenvalue weighted by atomic mass is 9.95. The topological polar surface area (TPSA) is 67.6 Å². The molecule has 3 rings (SSSR count). The van der Waals surface area contributed by atoms with Crippen LogP contribution in [-0.2, 0) is 9.53 Å². The molecule has 0 spiro atoms. The largest absolute Gasteiger partial charge is 0.379 e. The normalized spacial score (nSPS) is 24.2. The van der Waals surface area contributed by atoms with E-state index in [1.165, 1.54) is 5.56 Å². The van der Waals surface area contributed by atoms with Crippen LogP contribution in [0.5, 0.6) is 0 Å². The third kappa shape index (κ3) is 5.50. The number of amides is 1. The van der Waals surface area contributed by atoms with E-state index in [2.05, 4.69) is 10.2 Å². The summed E-state index contributed by atoms with van der Waals surface area (Å²) in [5.41, 5.74) is 8.22. The summed E-state index contributed by atoms with van der Waals surface area (Å²) in [6, 6.07) is 7.24. The molecule has 148 valence electrons. The highest BCUT2D eigenvalue weighted by Gasteiger charge is 2.41. The van der Waals surface area contributed by atoms with Gasteiger partial charge in [0.15, 0.2) is 0 Å². The zero-order valence-electron chi connectivity index (χ0n) is 15.1. The molecular weight excluding hydrogens is 393 g/mol. The number of nitrogens with zero attached hydrogens (tertiary/aromatic N) is 1. The Kier molecular flexibility index (Phi) is 9.72. The van der Waals surface area contributed by atoms with Crippen molar-refractivity contribution in [1.82, 2.24) is 10.2 Å². The number of thioether (sulfide) groups is 1. The molecular formula is C18H29Cl2N3O2S. The Bertz CT molecular complexity index is 562. The lowest BCUT2D eigenvalue weighted by Gasteiger charge is -2.43. The van der Waals surface area contributed by atoms with Crippen LogP contribution in [0.4, 0.5) is 0 Å². The molecule has 0 saturated carbocycles. The van der Waals surface area contributed by atoms with Crippen molar-refractivity contribution in [2.75, 3.05) is 44.4 Å². The van der Waals surface area contributed by atoms with Gasteiger partial charge in [0.1, 0.15) is 6.04 Å². The number of carbonyl (C=O) groups is 1. The second-order valence-corrected chi connectivity index (χ2v) is 7.84. The SMILES string of the molecule is Cc1ccc(C(N)C(=O)NCC2(N3CCOCC3)CCSC2)cc1.Cl.Cl. The quantitative estimate of drug-likeness (QED) is 0.762. The Hall–Kier alpha value is -0.500. The Balaban J connectivity index is 0.00000169. The highest BCUT2D eigenvalue weighted by molar-refractivity contribution is 7.99. The van der Waals surface area contributed by atoms with Crippen LogP contribution in [0, 0.1) is 6.92 Å². The highest BCUT2D eigenvalue weighted by Crippen LogP contribution is 2.33. The van der Waals surface area contributed by atoms with E-state index in [9.17, 15) is 4.79 Å². The molecule has 1 aromatic carbocycles.